The van der Waals surface area contributed by atoms with Crippen molar-refractivity contribution in [3.63, 3.8) is 0 Å². The molecule has 0 unspecified atom stereocenters. The zero-order valence-electron chi connectivity index (χ0n) is 13.6. The molecule has 2 aromatic rings. The topological polar surface area (TPSA) is 55.8 Å². The molecule has 0 amide bonds. The van der Waals surface area contributed by atoms with Gasteiger partial charge in [0.05, 0.1) is 17.1 Å². The van der Waals surface area contributed by atoms with Crippen LogP contribution in [0.25, 0.3) is 6.08 Å². The van der Waals surface area contributed by atoms with Crippen LogP contribution in [0.5, 0.6) is 17.2 Å². The molecule has 0 saturated heterocycles. The van der Waals surface area contributed by atoms with Crippen molar-refractivity contribution in [1.29, 1.82) is 0 Å². The molecule has 0 fully saturated rings. The zero-order chi connectivity index (χ0) is 17.4. The van der Waals surface area contributed by atoms with Crippen molar-refractivity contribution in [2.75, 3.05) is 13.7 Å². The Labute approximate surface area is 148 Å². The van der Waals surface area contributed by atoms with Gasteiger partial charge in [0.15, 0.2) is 17.3 Å². The average Bonchev–Trinajstić information content (AvgIpc) is 2.53. The number of rotatable bonds is 2. The molecule has 0 saturated carbocycles. The summed E-state index contributed by atoms with van der Waals surface area (Å²) in [6.45, 7) is 4.12. The first-order valence-electron chi connectivity index (χ1n) is 7.46. The second kappa shape index (κ2) is 6.32. The van der Waals surface area contributed by atoms with Crippen LogP contribution in [0.3, 0.4) is 0 Å². The predicted octanol–water partition coefficient (Wildman–Crippen LogP) is 4.44. The normalized spacial score (nSPS) is 15.2. The highest BCUT2D eigenvalue weighted by Gasteiger charge is 2.25. The van der Waals surface area contributed by atoms with Crippen LogP contribution in [0.4, 0.5) is 0 Å². The summed E-state index contributed by atoms with van der Waals surface area (Å²) in [5, 5.41) is 9.89. The van der Waals surface area contributed by atoms with Crippen molar-refractivity contribution in [2.45, 2.75) is 13.8 Å². The second-order valence-electron chi connectivity index (χ2n) is 5.80. The number of methoxy groups -OCH3 is 1. The van der Waals surface area contributed by atoms with Gasteiger partial charge in [0.25, 0.3) is 0 Å². The quantitative estimate of drug-likeness (QED) is 0.772. The van der Waals surface area contributed by atoms with E-state index in [0.29, 0.717) is 27.1 Å². The molecule has 1 N–H and O–H groups in total. The van der Waals surface area contributed by atoms with E-state index < -0.39 is 0 Å². The van der Waals surface area contributed by atoms with Gasteiger partial charge in [0.2, 0.25) is 0 Å². The third-order valence-electron chi connectivity index (χ3n) is 3.94. The van der Waals surface area contributed by atoms with Gasteiger partial charge in [-0.2, -0.15) is 0 Å². The van der Waals surface area contributed by atoms with Gasteiger partial charge in [-0.15, -0.1) is 0 Å². The fraction of sp³-hybridized carbons (Fsp3) is 0.211. The van der Waals surface area contributed by atoms with Gasteiger partial charge >= 0.3 is 0 Å². The lowest BCUT2D eigenvalue weighted by atomic mass is 9.95. The van der Waals surface area contributed by atoms with Crippen LogP contribution < -0.4 is 9.47 Å². The van der Waals surface area contributed by atoms with E-state index in [-0.39, 0.29) is 18.1 Å². The Hall–Kier alpha value is -2.27. The molecule has 124 valence electrons. The van der Waals surface area contributed by atoms with Crippen molar-refractivity contribution in [1.82, 2.24) is 0 Å². The van der Waals surface area contributed by atoms with E-state index in [1.807, 2.05) is 26.0 Å². The Kier molecular flexibility index (Phi) is 4.37. The molecule has 2 aromatic carbocycles. The minimum Gasteiger partial charge on any atom is -0.503 e. The van der Waals surface area contributed by atoms with Gasteiger partial charge in [-0.05, 0) is 70.7 Å². The fourth-order valence-corrected chi connectivity index (χ4v) is 3.30. The number of halogens is 1. The first-order chi connectivity index (χ1) is 11.4. The molecule has 4 nitrogen and oxygen atoms in total. The largest absolute Gasteiger partial charge is 0.503 e. The summed E-state index contributed by atoms with van der Waals surface area (Å²) in [5.74, 6) is 0.994. The molecule has 1 heterocycles. The van der Waals surface area contributed by atoms with Crippen LogP contribution in [0, 0.1) is 13.8 Å². The Morgan fingerprint density at radius 2 is 2.00 bits per heavy atom. The first kappa shape index (κ1) is 16.6. The number of benzene rings is 2. The molecular formula is C19H17BrO4. The molecule has 3 rings (SSSR count). The molecule has 1 aliphatic heterocycles. The third kappa shape index (κ3) is 2.91. The molecule has 0 spiro atoms. The van der Waals surface area contributed by atoms with Crippen molar-refractivity contribution in [2.24, 2.45) is 0 Å². The van der Waals surface area contributed by atoms with Gasteiger partial charge in [-0.1, -0.05) is 6.07 Å². The number of ketones is 1. The number of hydrogen-bond donors (Lipinski definition) is 1. The number of ether oxygens (including phenoxy) is 2. The van der Waals surface area contributed by atoms with Gasteiger partial charge in [-0.25, -0.2) is 0 Å². The van der Waals surface area contributed by atoms with E-state index in [4.69, 9.17) is 9.47 Å². The van der Waals surface area contributed by atoms with Crippen LogP contribution in [-0.4, -0.2) is 24.6 Å². The standard InChI is InChI=1S/C19H17BrO4/c1-10-4-11(2)19-14(5-10)17(21)13(9-24-19)6-12-7-15(20)18(22)16(8-12)23-3/h4-8,22H,9H2,1-3H3/b13-6+. The summed E-state index contributed by atoms with van der Waals surface area (Å²) in [7, 11) is 1.48. The predicted molar refractivity (Wildman–Crippen MR) is 96.1 cm³/mol. The number of phenols is 1. The van der Waals surface area contributed by atoms with E-state index >= 15 is 0 Å². The second-order valence-corrected chi connectivity index (χ2v) is 6.65. The highest BCUT2D eigenvalue weighted by atomic mass is 79.9. The molecule has 1 aliphatic rings. The number of aryl methyl sites for hydroxylation is 2. The lowest BCUT2D eigenvalue weighted by molar-refractivity contribution is 0.100. The van der Waals surface area contributed by atoms with Crippen molar-refractivity contribution in [3.05, 3.63) is 56.6 Å². The lowest BCUT2D eigenvalue weighted by Gasteiger charge is -2.21. The van der Waals surface area contributed by atoms with E-state index in [1.54, 1.807) is 18.2 Å². The van der Waals surface area contributed by atoms with Gasteiger partial charge in [-0.3, -0.25) is 4.79 Å². The summed E-state index contributed by atoms with van der Waals surface area (Å²) in [6, 6.07) is 7.26. The van der Waals surface area contributed by atoms with E-state index in [2.05, 4.69) is 15.9 Å². The minimum absolute atomic E-state index is 0.0301. The maximum Gasteiger partial charge on any atom is 0.196 e. The van der Waals surface area contributed by atoms with E-state index in [0.717, 1.165) is 16.7 Å². The summed E-state index contributed by atoms with van der Waals surface area (Å²) in [6.07, 6.45) is 1.76. The number of phenolic OH excluding ortho intramolecular Hbond substituents is 1. The molecule has 0 atom stereocenters. The molecule has 0 bridgehead atoms. The minimum atomic E-state index is -0.0359. The fourth-order valence-electron chi connectivity index (χ4n) is 2.84. The maximum absolute atomic E-state index is 12.8. The summed E-state index contributed by atoms with van der Waals surface area (Å²) < 4.78 is 11.4. The number of hydrogen-bond acceptors (Lipinski definition) is 4. The summed E-state index contributed by atoms with van der Waals surface area (Å²) in [4.78, 5) is 12.8. The van der Waals surface area contributed by atoms with Gasteiger partial charge in [0, 0.05) is 5.57 Å². The van der Waals surface area contributed by atoms with Crippen molar-refractivity contribution < 1.29 is 19.4 Å². The van der Waals surface area contributed by atoms with Gasteiger partial charge < -0.3 is 14.6 Å². The molecule has 0 radical (unpaired) electrons. The van der Waals surface area contributed by atoms with Crippen LogP contribution in [-0.2, 0) is 0 Å². The Morgan fingerprint density at radius 1 is 1.25 bits per heavy atom. The Bertz CT molecular complexity index is 868. The molecule has 0 aromatic heterocycles. The highest BCUT2D eigenvalue weighted by molar-refractivity contribution is 9.10. The highest BCUT2D eigenvalue weighted by Crippen LogP contribution is 2.37. The smallest absolute Gasteiger partial charge is 0.196 e. The van der Waals surface area contributed by atoms with Crippen LogP contribution >= 0.6 is 15.9 Å². The van der Waals surface area contributed by atoms with E-state index in [9.17, 15) is 9.90 Å². The zero-order valence-corrected chi connectivity index (χ0v) is 15.2. The van der Waals surface area contributed by atoms with Crippen LogP contribution in [0.1, 0.15) is 27.0 Å². The number of aromatic hydroxyl groups is 1. The third-order valence-corrected chi connectivity index (χ3v) is 4.54. The Balaban J connectivity index is 2.04. The number of carbonyl (C=O) groups excluding carboxylic acids is 1. The monoisotopic (exact) mass is 388 g/mol. The van der Waals surface area contributed by atoms with Gasteiger partial charge in [0.1, 0.15) is 12.4 Å². The van der Waals surface area contributed by atoms with Crippen molar-refractivity contribution >= 4 is 27.8 Å². The lowest BCUT2D eigenvalue weighted by Crippen LogP contribution is -2.20. The molecule has 24 heavy (non-hydrogen) atoms. The van der Waals surface area contributed by atoms with Crippen molar-refractivity contribution in [3.8, 4) is 17.2 Å². The van der Waals surface area contributed by atoms with Crippen LogP contribution in [0.15, 0.2) is 34.3 Å². The molecule has 0 aliphatic carbocycles. The first-order valence-corrected chi connectivity index (χ1v) is 8.26. The number of Topliss-reactive ketones (excluding diaryl/α,β-unsaturated/α-hetero) is 1. The summed E-state index contributed by atoms with van der Waals surface area (Å²) >= 11 is 3.29. The number of carbonyl (C=O) groups is 1. The van der Waals surface area contributed by atoms with E-state index in [1.165, 1.54) is 7.11 Å². The van der Waals surface area contributed by atoms with Crippen LogP contribution in [0.2, 0.25) is 0 Å². The number of fused-ring (bicyclic) bond motifs is 1. The molecular weight excluding hydrogens is 372 g/mol. The molecule has 5 heteroatoms. The Morgan fingerprint density at radius 3 is 2.71 bits per heavy atom. The summed E-state index contributed by atoms with van der Waals surface area (Å²) in [5.41, 5.74) is 3.89. The maximum atomic E-state index is 12.8. The average molecular weight is 389 g/mol. The SMILES string of the molecule is COc1cc(/C=C2\COc3c(C)cc(C)cc3C2=O)cc(Br)c1O.